The number of para-hydroxylation sites is 1. The van der Waals surface area contributed by atoms with Gasteiger partial charge in [0, 0.05) is 57.1 Å². The highest BCUT2D eigenvalue weighted by Crippen LogP contribution is 2.25. The molecule has 180 valence electrons. The number of rotatable bonds is 8. The molecule has 3 aromatic carbocycles. The molecule has 1 aliphatic rings. The third kappa shape index (κ3) is 5.47. The lowest BCUT2D eigenvalue weighted by Gasteiger charge is -2.37. The summed E-state index contributed by atoms with van der Waals surface area (Å²) >= 11 is 0. The van der Waals surface area contributed by atoms with Gasteiger partial charge in [0.1, 0.15) is 0 Å². The van der Waals surface area contributed by atoms with Gasteiger partial charge >= 0.3 is 0 Å². The normalized spacial score (nSPS) is 14.4. The number of hydrogen-bond acceptors (Lipinski definition) is 4. The van der Waals surface area contributed by atoms with Crippen molar-refractivity contribution in [1.29, 1.82) is 0 Å². The second kappa shape index (κ2) is 10.9. The molecule has 1 saturated heterocycles. The molecule has 2 heterocycles. The monoisotopic (exact) mass is 465 g/mol. The van der Waals surface area contributed by atoms with Crippen LogP contribution in [0.3, 0.4) is 0 Å². The lowest BCUT2D eigenvalue weighted by molar-refractivity contribution is 0.257. The van der Waals surface area contributed by atoms with Gasteiger partial charge in [0.25, 0.3) is 0 Å². The van der Waals surface area contributed by atoms with E-state index < -0.39 is 0 Å². The molecule has 0 atom stereocenters. The molecular weight excluding hydrogens is 430 g/mol. The second-order valence-corrected chi connectivity index (χ2v) is 9.36. The fourth-order valence-corrected chi connectivity index (χ4v) is 4.84. The maximum atomic E-state index is 4.93. The van der Waals surface area contributed by atoms with E-state index in [1.165, 1.54) is 22.4 Å². The molecule has 5 rings (SSSR count). The Morgan fingerprint density at radius 1 is 0.800 bits per heavy atom. The van der Waals surface area contributed by atoms with Crippen molar-refractivity contribution in [2.45, 2.75) is 20.4 Å². The predicted molar refractivity (Wildman–Crippen MR) is 145 cm³/mol. The third-order valence-electron chi connectivity index (χ3n) is 7.03. The molecule has 0 unspecified atom stereocenters. The van der Waals surface area contributed by atoms with Crippen LogP contribution >= 0.6 is 0 Å². The van der Waals surface area contributed by atoms with Crippen LogP contribution in [0.4, 0.5) is 5.69 Å². The number of aromatic nitrogens is 2. The van der Waals surface area contributed by atoms with E-state index in [1.54, 1.807) is 0 Å². The van der Waals surface area contributed by atoms with E-state index in [0.29, 0.717) is 0 Å². The third-order valence-corrected chi connectivity index (χ3v) is 7.03. The van der Waals surface area contributed by atoms with Gasteiger partial charge in [-0.2, -0.15) is 5.10 Å². The van der Waals surface area contributed by atoms with Crippen molar-refractivity contribution in [3.63, 3.8) is 0 Å². The fourth-order valence-electron chi connectivity index (χ4n) is 4.84. The Morgan fingerprint density at radius 3 is 2.26 bits per heavy atom. The molecule has 1 fully saturated rings. The van der Waals surface area contributed by atoms with Gasteiger partial charge in [0.15, 0.2) is 0 Å². The van der Waals surface area contributed by atoms with Gasteiger partial charge in [0.2, 0.25) is 0 Å². The highest BCUT2D eigenvalue weighted by molar-refractivity contribution is 5.62. The minimum absolute atomic E-state index is 0.766. The van der Waals surface area contributed by atoms with Crippen LogP contribution in [-0.4, -0.2) is 53.9 Å². The van der Waals surface area contributed by atoms with Crippen LogP contribution in [-0.2, 0) is 6.54 Å². The van der Waals surface area contributed by atoms with Gasteiger partial charge in [-0.15, -0.1) is 0 Å². The van der Waals surface area contributed by atoms with Crippen LogP contribution in [0.15, 0.2) is 84.9 Å². The van der Waals surface area contributed by atoms with E-state index in [0.717, 1.165) is 62.9 Å². The maximum Gasteiger partial charge on any atom is 0.0773 e. The number of nitrogens with one attached hydrogen (secondary N) is 1. The molecule has 35 heavy (non-hydrogen) atoms. The smallest absolute Gasteiger partial charge is 0.0773 e. The van der Waals surface area contributed by atoms with Crippen molar-refractivity contribution in [2.24, 2.45) is 0 Å². The highest BCUT2D eigenvalue weighted by atomic mass is 15.3. The zero-order valence-corrected chi connectivity index (χ0v) is 20.8. The summed E-state index contributed by atoms with van der Waals surface area (Å²) in [6.45, 7) is 11.6. The molecule has 5 heteroatoms. The van der Waals surface area contributed by atoms with Crippen LogP contribution in [0.5, 0.6) is 0 Å². The van der Waals surface area contributed by atoms with E-state index in [1.807, 2.05) is 6.07 Å². The zero-order chi connectivity index (χ0) is 24.0. The van der Waals surface area contributed by atoms with E-state index in [9.17, 15) is 0 Å². The minimum atomic E-state index is 0.766. The molecular formula is C30H35N5. The molecule has 0 amide bonds. The molecule has 0 saturated carbocycles. The van der Waals surface area contributed by atoms with Crippen LogP contribution in [0.25, 0.3) is 16.9 Å². The highest BCUT2D eigenvalue weighted by Gasteiger charge is 2.18. The van der Waals surface area contributed by atoms with Gasteiger partial charge in [0.05, 0.1) is 17.1 Å². The van der Waals surface area contributed by atoms with Gasteiger partial charge in [-0.1, -0.05) is 60.7 Å². The largest absolute Gasteiger partial charge is 0.369 e. The van der Waals surface area contributed by atoms with Crippen LogP contribution in [0.2, 0.25) is 0 Å². The second-order valence-electron chi connectivity index (χ2n) is 9.36. The Kier molecular flexibility index (Phi) is 7.26. The predicted octanol–water partition coefficient (Wildman–Crippen LogP) is 5.07. The maximum absolute atomic E-state index is 4.93. The van der Waals surface area contributed by atoms with Crippen molar-refractivity contribution in [3.8, 4) is 16.9 Å². The lowest BCUT2D eigenvalue weighted by Crippen LogP contribution is -2.48. The summed E-state index contributed by atoms with van der Waals surface area (Å²) in [5.41, 5.74) is 8.62. The van der Waals surface area contributed by atoms with Crippen LogP contribution in [0.1, 0.15) is 16.8 Å². The van der Waals surface area contributed by atoms with E-state index in [2.05, 4.69) is 113 Å². The summed E-state index contributed by atoms with van der Waals surface area (Å²) < 4.78 is 2.05. The van der Waals surface area contributed by atoms with Crippen molar-refractivity contribution in [2.75, 3.05) is 44.2 Å². The Balaban J connectivity index is 1.15. The molecule has 0 radical (unpaired) electrons. The van der Waals surface area contributed by atoms with E-state index >= 15 is 0 Å². The van der Waals surface area contributed by atoms with Crippen LogP contribution < -0.4 is 10.2 Å². The molecule has 5 nitrogen and oxygen atoms in total. The summed E-state index contributed by atoms with van der Waals surface area (Å²) in [6.07, 6.45) is 0. The molecule has 0 bridgehead atoms. The Bertz CT molecular complexity index is 1170. The van der Waals surface area contributed by atoms with Crippen molar-refractivity contribution in [3.05, 3.63) is 102 Å². The Morgan fingerprint density at radius 2 is 1.51 bits per heavy atom. The first-order valence-corrected chi connectivity index (χ1v) is 12.6. The molecule has 0 spiro atoms. The summed E-state index contributed by atoms with van der Waals surface area (Å²) in [7, 11) is 0. The molecule has 1 aromatic heterocycles. The number of hydrogen-bond donors (Lipinski definition) is 1. The van der Waals surface area contributed by atoms with Gasteiger partial charge in [-0.05, 0) is 49.2 Å². The average molecular weight is 466 g/mol. The van der Waals surface area contributed by atoms with E-state index in [-0.39, 0.29) is 0 Å². The van der Waals surface area contributed by atoms with Gasteiger partial charge in [-0.25, -0.2) is 4.68 Å². The minimum Gasteiger partial charge on any atom is -0.369 e. The summed E-state index contributed by atoms with van der Waals surface area (Å²) in [4.78, 5) is 5.10. The number of benzene rings is 3. The average Bonchev–Trinajstić information content (AvgIpc) is 3.34. The first kappa shape index (κ1) is 23.3. The first-order valence-electron chi connectivity index (χ1n) is 12.6. The molecule has 1 N–H and O–H groups in total. The first-order chi connectivity index (χ1) is 17.2. The quantitative estimate of drug-likeness (QED) is 0.369. The number of nitrogens with zero attached hydrogens (tertiary/aromatic N) is 4. The Hall–Kier alpha value is -3.41. The van der Waals surface area contributed by atoms with Crippen LogP contribution in [0, 0.1) is 13.8 Å². The van der Waals surface area contributed by atoms with Crippen molar-refractivity contribution >= 4 is 5.69 Å². The zero-order valence-electron chi connectivity index (χ0n) is 20.8. The standard InChI is InChI=1S/C30H35N5/c1-24-10-9-15-29(25(24)2)34-20-18-33(19-21-34)17-16-31-23-27-22-30(26-11-5-3-6-12-26)35(32-27)28-13-7-4-8-14-28/h3-15,22,31H,16-21,23H2,1-2H3. The fraction of sp³-hybridized carbons (Fsp3) is 0.300. The van der Waals surface area contributed by atoms with Crippen molar-refractivity contribution < 1.29 is 0 Å². The summed E-state index contributed by atoms with van der Waals surface area (Å²) in [5, 5.41) is 8.55. The summed E-state index contributed by atoms with van der Waals surface area (Å²) in [6, 6.07) is 29.7. The number of aryl methyl sites for hydroxylation is 1. The summed E-state index contributed by atoms with van der Waals surface area (Å²) in [5.74, 6) is 0. The molecule has 4 aromatic rings. The SMILES string of the molecule is Cc1cccc(N2CCN(CCNCc3cc(-c4ccccc4)n(-c4ccccc4)n3)CC2)c1C. The Labute approximate surface area is 209 Å². The van der Waals surface area contributed by atoms with E-state index in [4.69, 9.17) is 5.10 Å². The van der Waals surface area contributed by atoms with Gasteiger partial charge in [-0.3, -0.25) is 4.90 Å². The number of anilines is 1. The topological polar surface area (TPSA) is 36.3 Å². The van der Waals surface area contributed by atoms with Crippen molar-refractivity contribution in [1.82, 2.24) is 20.0 Å². The van der Waals surface area contributed by atoms with Gasteiger partial charge < -0.3 is 10.2 Å². The lowest BCUT2D eigenvalue weighted by atomic mass is 10.1. The number of piperazine rings is 1. The molecule has 0 aliphatic carbocycles. The molecule has 1 aliphatic heterocycles.